The van der Waals surface area contributed by atoms with Crippen LogP contribution < -0.4 is 10.2 Å². The molecule has 1 aliphatic heterocycles. The van der Waals surface area contributed by atoms with Crippen LogP contribution in [0.25, 0.3) is 0 Å². The zero-order chi connectivity index (χ0) is 15.6. The van der Waals surface area contributed by atoms with E-state index in [0.29, 0.717) is 18.7 Å². The van der Waals surface area contributed by atoms with E-state index in [-0.39, 0.29) is 11.8 Å². The SMILES string of the molecule is CCNC(=O)C1CCN(c2nc(C)c(C)c(C)c2C#N)C1. The second kappa shape index (κ2) is 6.13. The lowest BCUT2D eigenvalue weighted by Gasteiger charge is -2.21. The van der Waals surface area contributed by atoms with Crippen LogP contribution in [0.5, 0.6) is 0 Å². The summed E-state index contributed by atoms with van der Waals surface area (Å²) in [5.41, 5.74) is 3.63. The van der Waals surface area contributed by atoms with Crippen LogP contribution in [0.1, 0.15) is 35.7 Å². The lowest BCUT2D eigenvalue weighted by molar-refractivity contribution is -0.124. The van der Waals surface area contributed by atoms with Crippen molar-refractivity contribution < 1.29 is 4.79 Å². The highest BCUT2D eigenvalue weighted by Gasteiger charge is 2.30. The van der Waals surface area contributed by atoms with Crippen LogP contribution in [0, 0.1) is 38.0 Å². The van der Waals surface area contributed by atoms with Crippen molar-refractivity contribution in [1.29, 1.82) is 5.26 Å². The summed E-state index contributed by atoms with van der Waals surface area (Å²) in [6.07, 6.45) is 0.810. The Morgan fingerprint density at radius 2 is 2.14 bits per heavy atom. The average Bonchev–Trinajstić information content (AvgIpc) is 2.94. The highest BCUT2D eigenvalue weighted by Crippen LogP contribution is 2.29. The Morgan fingerprint density at radius 1 is 1.43 bits per heavy atom. The molecule has 1 aromatic heterocycles. The van der Waals surface area contributed by atoms with E-state index in [4.69, 9.17) is 0 Å². The Labute approximate surface area is 126 Å². The minimum Gasteiger partial charge on any atom is -0.356 e. The van der Waals surface area contributed by atoms with Gasteiger partial charge in [-0.15, -0.1) is 0 Å². The zero-order valence-electron chi connectivity index (χ0n) is 13.2. The number of rotatable bonds is 3. The average molecular weight is 286 g/mol. The molecule has 1 N–H and O–H groups in total. The number of nitrogens with one attached hydrogen (secondary N) is 1. The molecule has 0 aromatic carbocycles. The molecule has 0 saturated carbocycles. The van der Waals surface area contributed by atoms with Crippen molar-refractivity contribution in [1.82, 2.24) is 10.3 Å². The molecule has 0 spiro atoms. The first-order valence-corrected chi connectivity index (χ1v) is 7.40. The van der Waals surface area contributed by atoms with Crippen molar-refractivity contribution in [2.45, 2.75) is 34.1 Å². The van der Waals surface area contributed by atoms with Crippen molar-refractivity contribution in [3.63, 3.8) is 0 Å². The second-order valence-corrected chi connectivity index (χ2v) is 5.58. The molecule has 0 radical (unpaired) electrons. The van der Waals surface area contributed by atoms with Gasteiger partial charge in [0.1, 0.15) is 11.9 Å². The number of nitrogens with zero attached hydrogens (tertiary/aromatic N) is 3. The number of pyridine rings is 1. The van der Waals surface area contributed by atoms with Gasteiger partial charge >= 0.3 is 0 Å². The smallest absolute Gasteiger partial charge is 0.224 e. The summed E-state index contributed by atoms with van der Waals surface area (Å²) in [5, 5.41) is 12.3. The monoisotopic (exact) mass is 286 g/mol. The van der Waals surface area contributed by atoms with Crippen molar-refractivity contribution in [2.24, 2.45) is 5.92 Å². The quantitative estimate of drug-likeness (QED) is 0.920. The molecule has 5 nitrogen and oxygen atoms in total. The molecule has 0 bridgehead atoms. The number of nitriles is 1. The Balaban J connectivity index is 2.29. The van der Waals surface area contributed by atoms with Gasteiger partial charge in [-0.05, 0) is 45.2 Å². The molecule has 1 aliphatic rings. The zero-order valence-corrected chi connectivity index (χ0v) is 13.2. The van der Waals surface area contributed by atoms with Gasteiger partial charge < -0.3 is 10.2 Å². The summed E-state index contributed by atoms with van der Waals surface area (Å²) in [7, 11) is 0. The Bertz CT molecular complexity index is 603. The third-order valence-corrected chi connectivity index (χ3v) is 4.30. The van der Waals surface area contributed by atoms with Gasteiger partial charge in [0.25, 0.3) is 0 Å². The van der Waals surface area contributed by atoms with Gasteiger partial charge in [-0.3, -0.25) is 4.79 Å². The molecule has 1 amide bonds. The minimum atomic E-state index is -0.0137. The summed E-state index contributed by atoms with van der Waals surface area (Å²) < 4.78 is 0. The Hall–Kier alpha value is -2.09. The fourth-order valence-corrected chi connectivity index (χ4v) is 2.77. The predicted octanol–water partition coefficient (Wildman–Crippen LogP) is 1.84. The minimum absolute atomic E-state index is 0.0137. The van der Waals surface area contributed by atoms with Crippen LogP contribution >= 0.6 is 0 Å². The molecule has 1 unspecified atom stereocenters. The number of aryl methyl sites for hydroxylation is 1. The first-order valence-electron chi connectivity index (χ1n) is 7.40. The fourth-order valence-electron chi connectivity index (χ4n) is 2.77. The normalized spacial score (nSPS) is 17.7. The third-order valence-electron chi connectivity index (χ3n) is 4.30. The van der Waals surface area contributed by atoms with E-state index in [9.17, 15) is 10.1 Å². The van der Waals surface area contributed by atoms with E-state index >= 15 is 0 Å². The van der Waals surface area contributed by atoms with E-state index in [1.54, 1.807) is 0 Å². The number of hydrogen-bond donors (Lipinski definition) is 1. The van der Waals surface area contributed by atoms with Crippen LogP contribution in [-0.4, -0.2) is 30.5 Å². The van der Waals surface area contributed by atoms with Gasteiger partial charge in [0.05, 0.1) is 11.5 Å². The number of anilines is 1. The first-order chi connectivity index (χ1) is 9.99. The lowest BCUT2D eigenvalue weighted by Crippen LogP contribution is -2.33. The molecule has 1 saturated heterocycles. The maximum absolute atomic E-state index is 11.9. The van der Waals surface area contributed by atoms with Gasteiger partial charge in [0.15, 0.2) is 0 Å². The van der Waals surface area contributed by atoms with E-state index in [1.807, 2.05) is 27.7 Å². The molecule has 0 aliphatic carbocycles. The van der Waals surface area contributed by atoms with Crippen LogP contribution in [0.15, 0.2) is 0 Å². The van der Waals surface area contributed by atoms with Gasteiger partial charge in [0, 0.05) is 25.3 Å². The molecule has 1 aromatic rings. The Kier molecular flexibility index (Phi) is 4.46. The van der Waals surface area contributed by atoms with Crippen LogP contribution in [0.4, 0.5) is 5.82 Å². The van der Waals surface area contributed by atoms with Crippen molar-refractivity contribution >= 4 is 11.7 Å². The Morgan fingerprint density at radius 3 is 2.76 bits per heavy atom. The number of carbonyl (C=O) groups excluding carboxylic acids is 1. The summed E-state index contributed by atoms with van der Waals surface area (Å²) in [6, 6.07) is 2.27. The van der Waals surface area contributed by atoms with Crippen LogP contribution in [0.2, 0.25) is 0 Å². The summed E-state index contributed by atoms with van der Waals surface area (Å²) in [4.78, 5) is 18.6. The molecule has 2 rings (SSSR count). The van der Waals surface area contributed by atoms with Gasteiger partial charge in [-0.25, -0.2) is 4.98 Å². The van der Waals surface area contributed by atoms with E-state index < -0.39 is 0 Å². The van der Waals surface area contributed by atoms with Gasteiger partial charge in [0.2, 0.25) is 5.91 Å². The summed E-state index contributed by atoms with van der Waals surface area (Å²) >= 11 is 0. The number of hydrogen-bond acceptors (Lipinski definition) is 4. The fraction of sp³-hybridized carbons (Fsp3) is 0.562. The molecule has 1 atom stereocenters. The molecular weight excluding hydrogens is 264 g/mol. The van der Waals surface area contributed by atoms with E-state index in [0.717, 1.165) is 35.6 Å². The number of aromatic nitrogens is 1. The van der Waals surface area contributed by atoms with E-state index in [2.05, 4.69) is 21.3 Å². The number of carbonyl (C=O) groups is 1. The topological polar surface area (TPSA) is 69.0 Å². The van der Waals surface area contributed by atoms with Crippen LogP contribution in [0.3, 0.4) is 0 Å². The lowest BCUT2D eigenvalue weighted by atomic mass is 10.0. The molecule has 21 heavy (non-hydrogen) atoms. The standard InChI is InChI=1S/C16H22N4O/c1-5-18-16(21)13-6-7-20(9-13)15-14(8-17)11(3)10(2)12(4)19-15/h13H,5-7,9H2,1-4H3,(H,18,21). The van der Waals surface area contributed by atoms with E-state index in [1.165, 1.54) is 0 Å². The molecule has 2 heterocycles. The first kappa shape index (κ1) is 15.3. The largest absolute Gasteiger partial charge is 0.356 e. The predicted molar refractivity (Wildman–Crippen MR) is 82.2 cm³/mol. The van der Waals surface area contributed by atoms with Gasteiger partial charge in [-0.2, -0.15) is 5.26 Å². The van der Waals surface area contributed by atoms with Crippen molar-refractivity contribution in [3.05, 3.63) is 22.4 Å². The number of amides is 1. The third kappa shape index (κ3) is 2.85. The second-order valence-electron chi connectivity index (χ2n) is 5.58. The molecule has 112 valence electrons. The van der Waals surface area contributed by atoms with Crippen LogP contribution in [-0.2, 0) is 4.79 Å². The van der Waals surface area contributed by atoms with Gasteiger partial charge in [-0.1, -0.05) is 0 Å². The molecular formula is C16H22N4O. The summed E-state index contributed by atoms with van der Waals surface area (Å²) in [6.45, 7) is 9.89. The summed E-state index contributed by atoms with van der Waals surface area (Å²) in [5.74, 6) is 0.809. The maximum Gasteiger partial charge on any atom is 0.224 e. The molecule has 1 fully saturated rings. The maximum atomic E-state index is 11.9. The van der Waals surface area contributed by atoms with Crippen molar-refractivity contribution in [2.75, 3.05) is 24.5 Å². The highest BCUT2D eigenvalue weighted by atomic mass is 16.1. The molecule has 5 heteroatoms. The van der Waals surface area contributed by atoms with Crippen molar-refractivity contribution in [3.8, 4) is 6.07 Å². The highest BCUT2D eigenvalue weighted by molar-refractivity contribution is 5.80.